The summed E-state index contributed by atoms with van der Waals surface area (Å²) < 4.78 is 5.89. The van der Waals surface area contributed by atoms with E-state index in [4.69, 9.17) is 4.74 Å². The van der Waals surface area contributed by atoms with Crippen molar-refractivity contribution in [2.24, 2.45) is 5.92 Å². The zero-order valence-electron chi connectivity index (χ0n) is 13.9. The second kappa shape index (κ2) is 6.42. The lowest BCUT2D eigenvalue weighted by molar-refractivity contribution is -0.143. The molecule has 0 aromatic carbocycles. The monoisotopic (exact) mass is 313 g/mol. The summed E-state index contributed by atoms with van der Waals surface area (Å²) in [7, 11) is 3.60. The van der Waals surface area contributed by atoms with Crippen molar-refractivity contribution >= 4 is 12.0 Å². The number of carbonyl (C=O) groups excluding carboxylic acids is 1. The van der Waals surface area contributed by atoms with Gasteiger partial charge in [0.15, 0.2) is 0 Å². The van der Waals surface area contributed by atoms with Crippen molar-refractivity contribution in [3.05, 3.63) is 0 Å². The smallest absolute Gasteiger partial charge is 0.326 e. The molecule has 0 bridgehead atoms. The SMILES string of the molecule is CC(C)C(C(=O)O)N(C)C(=O)N1CCC2(CC1)CN(C)CO2. The van der Waals surface area contributed by atoms with Crippen LogP contribution < -0.4 is 0 Å². The van der Waals surface area contributed by atoms with Gasteiger partial charge in [0.25, 0.3) is 0 Å². The van der Waals surface area contributed by atoms with Gasteiger partial charge < -0.3 is 19.6 Å². The summed E-state index contributed by atoms with van der Waals surface area (Å²) in [6, 6.07) is -1.00. The van der Waals surface area contributed by atoms with Gasteiger partial charge in [-0.3, -0.25) is 4.90 Å². The molecule has 1 atom stereocenters. The van der Waals surface area contributed by atoms with Gasteiger partial charge in [-0.05, 0) is 25.8 Å². The van der Waals surface area contributed by atoms with Crippen LogP contribution in [0.3, 0.4) is 0 Å². The normalized spacial score (nSPS) is 23.0. The average molecular weight is 313 g/mol. The fraction of sp³-hybridized carbons (Fsp3) is 0.867. The standard InChI is InChI=1S/C15H27N3O4/c1-11(2)12(13(19)20)17(4)14(21)18-7-5-15(6-8-18)9-16(3)10-22-15/h11-12H,5-10H2,1-4H3,(H,19,20). The number of hydrogen-bond acceptors (Lipinski definition) is 4. The molecular formula is C15H27N3O4. The van der Waals surface area contributed by atoms with E-state index in [1.807, 2.05) is 20.9 Å². The molecule has 0 aromatic rings. The molecule has 1 N–H and O–H groups in total. The highest BCUT2D eigenvalue weighted by atomic mass is 16.5. The first-order chi connectivity index (χ1) is 10.3. The number of likely N-dealkylation sites (N-methyl/N-ethyl adjacent to an activating group) is 2. The van der Waals surface area contributed by atoms with Crippen molar-refractivity contribution in [1.29, 1.82) is 0 Å². The summed E-state index contributed by atoms with van der Waals surface area (Å²) in [6.07, 6.45) is 1.60. The quantitative estimate of drug-likeness (QED) is 0.838. The Balaban J connectivity index is 1.95. The maximum absolute atomic E-state index is 12.6. The molecule has 2 fully saturated rings. The molecule has 1 unspecified atom stereocenters. The minimum absolute atomic E-state index is 0.130. The van der Waals surface area contributed by atoms with Gasteiger partial charge in [0.2, 0.25) is 0 Å². The van der Waals surface area contributed by atoms with Crippen LogP contribution in [0, 0.1) is 5.92 Å². The highest BCUT2D eigenvalue weighted by molar-refractivity contribution is 5.82. The van der Waals surface area contributed by atoms with Crippen molar-refractivity contribution in [1.82, 2.24) is 14.7 Å². The Morgan fingerprint density at radius 3 is 2.27 bits per heavy atom. The minimum Gasteiger partial charge on any atom is -0.480 e. The lowest BCUT2D eigenvalue weighted by Gasteiger charge is -2.40. The van der Waals surface area contributed by atoms with E-state index in [9.17, 15) is 14.7 Å². The number of carbonyl (C=O) groups is 2. The topological polar surface area (TPSA) is 73.3 Å². The Kier molecular flexibility index (Phi) is 4.97. The predicted octanol–water partition coefficient (Wildman–Crippen LogP) is 0.902. The predicted molar refractivity (Wildman–Crippen MR) is 81.5 cm³/mol. The van der Waals surface area contributed by atoms with Crippen molar-refractivity contribution in [3.8, 4) is 0 Å². The molecule has 2 aliphatic rings. The molecule has 126 valence electrons. The maximum Gasteiger partial charge on any atom is 0.326 e. The van der Waals surface area contributed by atoms with Gasteiger partial charge >= 0.3 is 12.0 Å². The molecule has 0 aliphatic carbocycles. The number of hydrogen-bond donors (Lipinski definition) is 1. The molecular weight excluding hydrogens is 286 g/mol. The highest BCUT2D eigenvalue weighted by Gasteiger charge is 2.42. The largest absolute Gasteiger partial charge is 0.480 e. The van der Waals surface area contributed by atoms with E-state index >= 15 is 0 Å². The lowest BCUT2D eigenvalue weighted by atomic mass is 9.91. The summed E-state index contributed by atoms with van der Waals surface area (Å²) in [4.78, 5) is 29.2. The first kappa shape index (κ1) is 17.0. The van der Waals surface area contributed by atoms with E-state index in [1.165, 1.54) is 4.90 Å². The molecule has 0 saturated carbocycles. The van der Waals surface area contributed by atoms with Crippen molar-refractivity contribution in [2.45, 2.75) is 38.3 Å². The van der Waals surface area contributed by atoms with E-state index in [0.717, 1.165) is 19.4 Å². The molecule has 0 aromatic heterocycles. The van der Waals surface area contributed by atoms with Gasteiger partial charge in [-0.15, -0.1) is 0 Å². The zero-order valence-corrected chi connectivity index (χ0v) is 13.9. The number of carboxylic acids is 1. The molecule has 2 aliphatic heterocycles. The molecule has 0 radical (unpaired) electrons. The molecule has 7 nitrogen and oxygen atoms in total. The number of piperidine rings is 1. The van der Waals surface area contributed by atoms with E-state index in [0.29, 0.717) is 19.8 Å². The molecule has 1 spiro atoms. The third-order valence-corrected chi connectivity index (χ3v) is 4.70. The Labute approximate surface area is 131 Å². The number of likely N-dealkylation sites (tertiary alicyclic amines) is 1. The highest BCUT2D eigenvalue weighted by Crippen LogP contribution is 2.31. The van der Waals surface area contributed by atoms with Crippen molar-refractivity contribution in [3.63, 3.8) is 0 Å². The average Bonchev–Trinajstić information content (AvgIpc) is 2.79. The number of nitrogens with zero attached hydrogens (tertiary/aromatic N) is 3. The van der Waals surface area contributed by atoms with Crippen LogP contribution in [-0.2, 0) is 9.53 Å². The number of urea groups is 1. The fourth-order valence-corrected chi connectivity index (χ4v) is 3.48. The van der Waals surface area contributed by atoms with Crippen LogP contribution in [-0.4, -0.2) is 83.9 Å². The molecule has 2 rings (SSSR count). The third-order valence-electron chi connectivity index (χ3n) is 4.70. The molecule has 2 heterocycles. The van der Waals surface area contributed by atoms with Crippen LogP contribution >= 0.6 is 0 Å². The Morgan fingerprint density at radius 1 is 1.27 bits per heavy atom. The van der Waals surface area contributed by atoms with E-state index in [2.05, 4.69) is 4.90 Å². The molecule has 2 amide bonds. The second-order valence-corrected chi connectivity index (χ2v) is 6.88. The van der Waals surface area contributed by atoms with Crippen LogP contribution in [0.4, 0.5) is 4.79 Å². The van der Waals surface area contributed by atoms with E-state index in [1.54, 1.807) is 11.9 Å². The fourth-order valence-electron chi connectivity index (χ4n) is 3.48. The summed E-state index contributed by atoms with van der Waals surface area (Å²) in [5.41, 5.74) is -0.131. The molecule has 7 heteroatoms. The Bertz CT molecular complexity index is 433. The van der Waals surface area contributed by atoms with Gasteiger partial charge in [-0.2, -0.15) is 0 Å². The third kappa shape index (κ3) is 3.35. The lowest BCUT2D eigenvalue weighted by Crippen LogP contribution is -2.55. The zero-order chi connectivity index (χ0) is 16.5. The van der Waals surface area contributed by atoms with Crippen molar-refractivity contribution in [2.75, 3.05) is 40.5 Å². The van der Waals surface area contributed by atoms with Crippen LogP contribution in [0.15, 0.2) is 0 Å². The van der Waals surface area contributed by atoms with Crippen molar-refractivity contribution < 1.29 is 19.4 Å². The number of carboxylic acid groups (broad SMARTS) is 1. The summed E-state index contributed by atoms with van der Waals surface area (Å²) in [5.74, 6) is -1.09. The van der Waals surface area contributed by atoms with Crippen LogP contribution in [0.1, 0.15) is 26.7 Å². The van der Waals surface area contributed by atoms with E-state index in [-0.39, 0.29) is 17.6 Å². The van der Waals surface area contributed by atoms with Gasteiger partial charge in [-0.1, -0.05) is 13.8 Å². The summed E-state index contributed by atoms with van der Waals surface area (Å²) in [5, 5.41) is 9.32. The molecule has 22 heavy (non-hydrogen) atoms. The Morgan fingerprint density at radius 2 is 1.86 bits per heavy atom. The summed E-state index contributed by atoms with van der Waals surface area (Å²) in [6.45, 7) is 6.39. The first-order valence-corrected chi connectivity index (χ1v) is 7.83. The molecule has 2 saturated heterocycles. The number of amides is 2. The Hall–Kier alpha value is -1.34. The van der Waals surface area contributed by atoms with Gasteiger partial charge in [0.05, 0.1) is 12.3 Å². The van der Waals surface area contributed by atoms with Crippen LogP contribution in [0.2, 0.25) is 0 Å². The van der Waals surface area contributed by atoms with Gasteiger partial charge in [0, 0.05) is 26.7 Å². The maximum atomic E-state index is 12.6. The van der Waals surface area contributed by atoms with Gasteiger partial charge in [0.1, 0.15) is 6.04 Å². The first-order valence-electron chi connectivity index (χ1n) is 7.83. The number of rotatable bonds is 3. The van der Waals surface area contributed by atoms with Gasteiger partial charge in [-0.25, -0.2) is 9.59 Å². The summed E-state index contributed by atoms with van der Waals surface area (Å²) >= 11 is 0. The number of aliphatic carboxylic acids is 1. The second-order valence-electron chi connectivity index (χ2n) is 6.88. The van der Waals surface area contributed by atoms with Crippen LogP contribution in [0.25, 0.3) is 0 Å². The minimum atomic E-state index is -0.958. The number of ether oxygens (including phenoxy) is 1. The van der Waals surface area contributed by atoms with E-state index < -0.39 is 12.0 Å². The van der Waals surface area contributed by atoms with Crippen LogP contribution in [0.5, 0.6) is 0 Å².